The molecular formula is C13H24N2O3. The first kappa shape index (κ1) is 14.8. The average Bonchev–Trinajstić information content (AvgIpc) is 2.34. The predicted molar refractivity (Wildman–Crippen MR) is 69.5 cm³/mol. The van der Waals surface area contributed by atoms with Crippen molar-refractivity contribution in [2.24, 2.45) is 5.92 Å². The summed E-state index contributed by atoms with van der Waals surface area (Å²) in [5.74, 6) is -0.202. The van der Waals surface area contributed by atoms with Crippen LogP contribution < -0.4 is 0 Å². The Morgan fingerprint density at radius 1 is 1.28 bits per heavy atom. The Morgan fingerprint density at radius 3 is 2.50 bits per heavy atom. The lowest BCUT2D eigenvalue weighted by Gasteiger charge is -2.36. The topological polar surface area (TPSA) is 60.9 Å². The van der Waals surface area contributed by atoms with E-state index in [0.29, 0.717) is 12.0 Å². The van der Waals surface area contributed by atoms with Crippen LogP contribution in [0.3, 0.4) is 0 Å². The Hall–Kier alpha value is -1.26. The highest BCUT2D eigenvalue weighted by molar-refractivity contribution is 5.75. The van der Waals surface area contributed by atoms with Crippen molar-refractivity contribution in [3.63, 3.8) is 0 Å². The monoisotopic (exact) mass is 256 g/mol. The molecule has 0 aromatic rings. The van der Waals surface area contributed by atoms with E-state index >= 15 is 0 Å². The van der Waals surface area contributed by atoms with Crippen LogP contribution in [0.5, 0.6) is 0 Å². The molecule has 1 N–H and O–H groups in total. The van der Waals surface area contributed by atoms with E-state index < -0.39 is 5.97 Å². The Morgan fingerprint density at radius 2 is 1.94 bits per heavy atom. The van der Waals surface area contributed by atoms with Crippen molar-refractivity contribution in [1.82, 2.24) is 9.80 Å². The molecule has 5 nitrogen and oxygen atoms in total. The summed E-state index contributed by atoms with van der Waals surface area (Å²) in [5.41, 5.74) is 0. The van der Waals surface area contributed by atoms with Gasteiger partial charge in [0, 0.05) is 26.7 Å². The van der Waals surface area contributed by atoms with Gasteiger partial charge in [-0.1, -0.05) is 19.8 Å². The molecule has 1 rings (SSSR count). The number of carboxylic acids is 1. The van der Waals surface area contributed by atoms with Gasteiger partial charge in [-0.15, -0.1) is 0 Å². The minimum Gasteiger partial charge on any atom is -0.481 e. The Labute approximate surface area is 109 Å². The molecule has 0 radical (unpaired) electrons. The van der Waals surface area contributed by atoms with Gasteiger partial charge in [-0.25, -0.2) is 4.79 Å². The van der Waals surface area contributed by atoms with Crippen LogP contribution in [0.25, 0.3) is 0 Å². The maximum Gasteiger partial charge on any atom is 0.319 e. The third kappa shape index (κ3) is 4.20. The summed E-state index contributed by atoms with van der Waals surface area (Å²) in [6.07, 6.45) is 4.52. The van der Waals surface area contributed by atoms with Crippen molar-refractivity contribution in [2.45, 2.75) is 45.1 Å². The van der Waals surface area contributed by atoms with Crippen LogP contribution in [0.15, 0.2) is 0 Å². The van der Waals surface area contributed by atoms with Crippen molar-refractivity contribution >= 4 is 12.0 Å². The van der Waals surface area contributed by atoms with Gasteiger partial charge in [0.2, 0.25) is 0 Å². The first-order valence-corrected chi connectivity index (χ1v) is 6.61. The minimum atomic E-state index is -0.872. The quantitative estimate of drug-likeness (QED) is 0.837. The van der Waals surface area contributed by atoms with Gasteiger partial charge >= 0.3 is 12.0 Å². The molecule has 0 aromatic carbocycles. The molecule has 0 aliphatic heterocycles. The normalized spacial score (nSPS) is 23.5. The summed E-state index contributed by atoms with van der Waals surface area (Å²) in [4.78, 5) is 25.9. The van der Waals surface area contributed by atoms with Gasteiger partial charge in [-0.3, -0.25) is 4.79 Å². The van der Waals surface area contributed by atoms with E-state index in [9.17, 15) is 9.59 Å². The molecule has 1 aliphatic rings. The van der Waals surface area contributed by atoms with Crippen LogP contribution in [0.2, 0.25) is 0 Å². The fourth-order valence-corrected chi connectivity index (χ4v) is 2.54. The molecular weight excluding hydrogens is 232 g/mol. The van der Waals surface area contributed by atoms with Gasteiger partial charge in [0.15, 0.2) is 0 Å². The summed E-state index contributed by atoms with van der Waals surface area (Å²) >= 11 is 0. The van der Waals surface area contributed by atoms with E-state index in [4.69, 9.17) is 5.11 Å². The van der Waals surface area contributed by atoms with Crippen LogP contribution in [-0.4, -0.2) is 53.6 Å². The maximum atomic E-state index is 12.1. The highest BCUT2D eigenvalue weighted by Crippen LogP contribution is 2.27. The molecule has 0 spiro atoms. The van der Waals surface area contributed by atoms with Gasteiger partial charge in [0.1, 0.15) is 0 Å². The molecule has 18 heavy (non-hydrogen) atoms. The molecule has 1 saturated carbocycles. The number of carbonyl (C=O) groups excluding carboxylic acids is 1. The summed E-state index contributed by atoms with van der Waals surface area (Å²) in [7, 11) is 3.48. The summed E-state index contributed by atoms with van der Waals surface area (Å²) in [6.45, 7) is 2.49. The van der Waals surface area contributed by atoms with Gasteiger partial charge < -0.3 is 14.9 Å². The zero-order chi connectivity index (χ0) is 13.7. The smallest absolute Gasteiger partial charge is 0.319 e. The zero-order valence-electron chi connectivity index (χ0n) is 11.6. The SMILES string of the molecule is CC1CCCC(N(C)C(=O)N(C)CCC(=O)O)C1. The number of hydrogen-bond acceptors (Lipinski definition) is 2. The number of hydrogen-bond donors (Lipinski definition) is 1. The second-order valence-electron chi connectivity index (χ2n) is 5.38. The van der Waals surface area contributed by atoms with Crippen molar-refractivity contribution in [3.8, 4) is 0 Å². The van der Waals surface area contributed by atoms with Gasteiger partial charge in [-0.2, -0.15) is 0 Å². The number of carboxylic acid groups (broad SMARTS) is 1. The largest absolute Gasteiger partial charge is 0.481 e. The fourth-order valence-electron chi connectivity index (χ4n) is 2.54. The Balaban J connectivity index is 2.46. The zero-order valence-corrected chi connectivity index (χ0v) is 11.6. The second-order valence-corrected chi connectivity index (χ2v) is 5.38. The van der Waals surface area contributed by atoms with E-state index in [1.165, 1.54) is 17.7 Å². The third-order valence-electron chi connectivity index (χ3n) is 3.75. The predicted octanol–water partition coefficient (Wildman–Crippen LogP) is 2.02. The lowest BCUT2D eigenvalue weighted by atomic mass is 9.86. The molecule has 0 aromatic heterocycles. The molecule has 1 fully saturated rings. The van der Waals surface area contributed by atoms with E-state index in [1.54, 1.807) is 11.9 Å². The fraction of sp³-hybridized carbons (Fsp3) is 0.846. The minimum absolute atomic E-state index is 0.00283. The molecule has 0 heterocycles. The summed E-state index contributed by atoms with van der Waals surface area (Å²) < 4.78 is 0. The molecule has 2 unspecified atom stereocenters. The molecule has 5 heteroatoms. The van der Waals surface area contributed by atoms with Crippen molar-refractivity contribution in [2.75, 3.05) is 20.6 Å². The molecule has 104 valence electrons. The van der Waals surface area contributed by atoms with Crippen molar-refractivity contribution < 1.29 is 14.7 Å². The standard InChI is InChI=1S/C13H24N2O3/c1-10-5-4-6-11(9-10)15(3)13(18)14(2)8-7-12(16)17/h10-11H,4-9H2,1-3H3,(H,16,17). The average molecular weight is 256 g/mol. The van der Waals surface area contributed by atoms with Gasteiger partial charge in [0.25, 0.3) is 0 Å². The highest BCUT2D eigenvalue weighted by Gasteiger charge is 2.26. The highest BCUT2D eigenvalue weighted by atomic mass is 16.4. The van der Waals surface area contributed by atoms with E-state index in [0.717, 1.165) is 12.8 Å². The van der Waals surface area contributed by atoms with Gasteiger partial charge in [0.05, 0.1) is 6.42 Å². The van der Waals surface area contributed by atoms with Gasteiger partial charge in [-0.05, 0) is 18.8 Å². The van der Waals surface area contributed by atoms with E-state index in [-0.39, 0.29) is 19.0 Å². The number of urea groups is 1. The Kier molecular flexibility index (Phi) is 5.44. The number of amides is 2. The summed E-state index contributed by atoms with van der Waals surface area (Å²) in [5, 5.41) is 8.61. The van der Waals surface area contributed by atoms with Crippen LogP contribution in [0.4, 0.5) is 4.79 Å². The van der Waals surface area contributed by atoms with Crippen LogP contribution in [0, 0.1) is 5.92 Å². The number of aliphatic carboxylic acids is 1. The van der Waals surface area contributed by atoms with Crippen LogP contribution in [0.1, 0.15) is 39.0 Å². The van der Waals surface area contributed by atoms with Crippen LogP contribution in [-0.2, 0) is 4.79 Å². The lowest BCUT2D eigenvalue weighted by Crippen LogP contribution is -2.46. The summed E-state index contributed by atoms with van der Waals surface area (Å²) in [6, 6.07) is 0.226. The molecule has 2 amide bonds. The molecule has 0 bridgehead atoms. The first-order chi connectivity index (χ1) is 8.41. The number of nitrogens with zero attached hydrogens (tertiary/aromatic N) is 2. The molecule has 1 aliphatic carbocycles. The van der Waals surface area contributed by atoms with Crippen molar-refractivity contribution in [1.29, 1.82) is 0 Å². The lowest BCUT2D eigenvalue weighted by molar-refractivity contribution is -0.137. The molecule has 0 saturated heterocycles. The Bertz CT molecular complexity index is 307. The first-order valence-electron chi connectivity index (χ1n) is 6.61. The molecule has 2 atom stereocenters. The van der Waals surface area contributed by atoms with Crippen LogP contribution >= 0.6 is 0 Å². The van der Waals surface area contributed by atoms with E-state index in [2.05, 4.69) is 6.92 Å². The number of carbonyl (C=O) groups is 2. The third-order valence-corrected chi connectivity index (χ3v) is 3.75. The maximum absolute atomic E-state index is 12.1. The van der Waals surface area contributed by atoms with E-state index in [1.807, 2.05) is 7.05 Å². The number of rotatable bonds is 4. The van der Waals surface area contributed by atoms with Crippen molar-refractivity contribution in [3.05, 3.63) is 0 Å². The second kappa shape index (κ2) is 6.61.